The van der Waals surface area contributed by atoms with Gasteiger partial charge in [-0.25, -0.2) is 23.9 Å². The van der Waals surface area contributed by atoms with Crippen molar-refractivity contribution in [1.29, 1.82) is 0 Å². The van der Waals surface area contributed by atoms with Crippen molar-refractivity contribution in [3.63, 3.8) is 0 Å². The Kier molecular flexibility index (Phi) is 8.36. The highest BCUT2D eigenvalue weighted by atomic mass is 16.6. The second-order valence-electron chi connectivity index (χ2n) is 12.1. The molecule has 0 atom stereocenters. The normalized spacial score (nSPS) is 12.0. The van der Waals surface area contributed by atoms with Crippen LogP contribution in [0.2, 0.25) is 0 Å². The molecule has 14 nitrogen and oxygen atoms in total. The average Bonchev–Trinajstić information content (AvgIpc) is 3.48. The molecule has 0 saturated carbocycles. The van der Waals surface area contributed by atoms with Crippen LogP contribution in [-0.2, 0) is 32.2 Å². The van der Waals surface area contributed by atoms with E-state index < -0.39 is 10.5 Å². The van der Waals surface area contributed by atoms with Crippen molar-refractivity contribution in [2.24, 2.45) is 7.05 Å². The predicted molar refractivity (Wildman–Crippen MR) is 170 cm³/mol. The van der Waals surface area contributed by atoms with Gasteiger partial charge in [0, 0.05) is 18.3 Å². The number of nitrogens with zero attached hydrogens (tertiary/aromatic N) is 9. The van der Waals surface area contributed by atoms with Crippen LogP contribution in [0.15, 0.2) is 72.3 Å². The predicted octanol–water partition coefficient (Wildman–Crippen LogP) is 3.60. The SMILES string of the molecule is C=CCn1c(=O)c2cnc(Nc3ccc(CC[N+](C)(C)Cc4cn(C)c([N+](=O)[O-])n4)cc3)nc2n1-c1cccc(C(C)(C)O)n1. The van der Waals surface area contributed by atoms with Crippen LogP contribution in [0.5, 0.6) is 0 Å². The number of fused-ring (bicyclic) bond motifs is 1. The number of aryl methyl sites for hydroxylation is 1. The Hall–Kier alpha value is -5.21. The molecule has 5 rings (SSSR count). The molecule has 0 aliphatic rings. The Morgan fingerprint density at radius 2 is 1.87 bits per heavy atom. The first-order chi connectivity index (χ1) is 21.3. The van der Waals surface area contributed by atoms with Gasteiger partial charge in [-0.3, -0.25) is 4.79 Å². The largest absolute Gasteiger partial charge is 0.434 e. The van der Waals surface area contributed by atoms with E-state index >= 15 is 0 Å². The Bertz CT molecular complexity index is 1930. The third-order valence-electron chi connectivity index (χ3n) is 7.43. The number of hydrogen-bond acceptors (Lipinski definition) is 9. The molecule has 0 fully saturated rings. The van der Waals surface area contributed by atoms with Crippen LogP contribution in [-0.4, -0.2) is 69.0 Å². The van der Waals surface area contributed by atoms with E-state index in [1.54, 1.807) is 56.0 Å². The molecule has 234 valence electrons. The van der Waals surface area contributed by atoms with E-state index in [0.29, 0.717) is 45.2 Å². The number of nitro groups is 1. The smallest absolute Gasteiger partial charge is 0.390 e. The van der Waals surface area contributed by atoms with Crippen LogP contribution in [0.1, 0.15) is 30.8 Å². The molecule has 0 aliphatic carbocycles. The zero-order valence-corrected chi connectivity index (χ0v) is 26.0. The first kappa shape index (κ1) is 31.2. The van der Waals surface area contributed by atoms with Crippen LogP contribution in [0, 0.1) is 10.1 Å². The summed E-state index contributed by atoms with van der Waals surface area (Å²) >= 11 is 0. The maximum atomic E-state index is 13.3. The number of rotatable bonds is 12. The number of likely N-dealkylation sites (N-methyl/N-ethyl adjacent to an activating group) is 1. The topological polar surface area (TPSA) is 159 Å². The molecule has 0 bridgehead atoms. The highest BCUT2D eigenvalue weighted by molar-refractivity contribution is 5.77. The monoisotopic (exact) mass is 613 g/mol. The molecule has 4 heterocycles. The standard InChI is InChI=1S/C31H36N10O4/c1-7-16-38-28(42)24-18-32-29(36-27(24)39(38)26-10-8-9-25(35-26)31(2,3)43)33-22-13-11-21(12-14-22)15-17-41(5,6)20-23-19-37(4)30(34-23)40(44)45/h7-14,18-19,43H,1,15-17,20H2,2-6H3/p+1. The summed E-state index contributed by atoms with van der Waals surface area (Å²) in [6.45, 7) is 8.68. The maximum absolute atomic E-state index is 13.3. The summed E-state index contributed by atoms with van der Waals surface area (Å²) in [5.41, 5.74) is 1.95. The van der Waals surface area contributed by atoms with Gasteiger partial charge in [-0.05, 0) is 48.6 Å². The number of hydrogen-bond donors (Lipinski definition) is 2. The summed E-state index contributed by atoms with van der Waals surface area (Å²) in [6.07, 6.45) is 5.61. The fourth-order valence-corrected chi connectivity index (χ4v) is 5.09. The first-order valence-corrected chi connectivity index (χ1v) is 14.4. The second-order valence-corrected chi connectivity index (χ2v) is 12.1. The van der Waals surface area contributed by atoms with Gasteiger partial charge in [-0.15, -0.1) is 6.58 Å². The number of aliphatic hydroxyl groups is 1. The Morgan fingerprint density at radius 3 is 2.51 bits per heavy atom. The number of allylic oxidation sites excluding steroid dienone is 1. The number of quaternary nitrogens is 1. The molecule has 4 aromatic heterocycles. The lowest BCUT2D eigenvalue weighted by Crippen LogP contribution is -2.40. The van der Waals surface area contributed by atoms with Crippen LogP contribution >= 0.6 is 0 Å². The number of benzene rings is 1. The summed E-state index contributed by atoms with van der Waals surface area (Å²) < 4.78 is 5.15. The van der Waals surface area contributed by atoms with Gasteiger partial charge < -0.3 is 25.0 Å². The summed E-state index contributed by atoms with van der Waals surface area (Å²) in [5, 5.41) is 25.2. The second kappa shape index (κ2) is 12.1. The zero-order chi connectivity index (χ0) is 32.5. The molecular weight excluding hydrogens is 576 g/mol. The van der Waals surface area contributed by atoms with Gasteiger partial charge in [0.05, 0.1) is 39.9 Å². The van der Waals surface area contributed by atoms with Crippen molar-refractivity contribution < 1.29 is 14.5 Å². The fraction of sp³-hybridized carbons (Fsp3) is 0.323. The number of nitrogens with one attached hydrogen (secondary N) is 1. The fourth-order valence-electron chi connectivity index (χ4n) is 5.09. The number of anilines is 2. The van der Waals surface area contributed by atoms with E-state index in [2.05, 4.69) is 45.9 Å². The van der Waals surface area contributed by atoms with Crippen LogP contribution in [0.25, 0.3) is 16.9 Å². The molecule has 0 saturated heterocycles. The number of pyridine rings is 1. The van der Waals surface area contributed by atoms with E-state index in [0.717, 1.165) is 24.2 Å². The molecular formula is C31H37N10O4+. The zero-order valence-electron chi connectivity index (χ0n) is 26.0. The summed E-state index contributed by atoms with van der Waals surface area (Å²) in [7, 11) is 5.77. The van der Waals surface area contributed by atoms with E-state index in [9.17, 15) is 20.0 Å². The lowest BCUT2D eigenvalue weighted by atomic mass is 10.1. The Balaban J connectivity index is 1.34. The quantitative estimate of drug-likeness (QED) is 0.0928. The van der Waals surface area contributed by atoms with E-state index in [1.807, 2.05) is 24.3 Å². The van der Waals surface area contributed by atoms with E-state index in [-0.39, 0.29) is 18.1 Å². The lowest BCUT2D eigenvalue weighted by Gasteiger charge is -2.28. The van der Waals surface area contributed by atoms with Crippen molar-refractivity contribution in [2.45, 2.75) is 39.0 Å². The molecule has 0 spiro atoms. The van der Waals surface area contributed by atoms with Crippen molar-refractivity contribution in [1.82, 2.24) is 33.9 Å². The van der Waals surface area contributed by atoms with E-state index in [1.165, 1.54) is 15.4 Å². The molecule has 5 aromatic rings. The van der Waals surface area contributed by atoms with E-state index in [4.69, 9.17) is 0 Å². The third kappa shape index (κ3) is 6.81. The van der Waals surface area contributed by atoms with Gasteiger partial charge in [0.15, 0.2) is 11.5 Å². The molecule has 1 aromatic carbocycles. The first-order valence-electron chi connectivity index (χ1n) is 14.4. The van der Waals surface area contributed by atoms with Gasteiger partial charge in [0.1, 0.15) is 23.7 Å². The number of imidazole rings is 1. The minimum absolute atomic E-state index is 0.162. The molecule has 0 aliphatic heterocycles. The van der Waals surface area contributed by atoms with Crippen molar-refractivity contribution >= 4 is 28.6 Å². The number of aromatic nitrogens is 7. The van der Waals surface area contributed by atoms with Crippen LogP contribution in [0.3, 0.4) is 0 Å². The minimum atomic E-state index is -1.17. The van der Waals surface area contributed by atoms with Gasteiger partial charge in [-0.2, -0.15) is 4.98 Å². The molecule has 14 heteroatoms. The van der Waals surface area contributed by atoms with Crippen molar-refractivity contribution in [2.75, 3.05) is 26.0 Å². The third-order valence-corrected chi connectivity index (χ3v) is 7.43. The molecule has 45 heavy (non-hydrogen) atoms. The van der Waals surface area contributed by atoms with Gasteiger partial charge in [0.25, 0.3) is 5.56 Å². The average molecular weight is 614 g/mol. The van der Waals surface area contributed by atoms with Crippen molar-refractivity contribution in [3.05, 3.63) is 105 Å². The van der Waals surface area contributed by atoms with Crippen LogP contribution < -0.4 is 10.9 Å². The molecule has 2 N–H and O–H groups in total. The van der Waals surface area contributed by atoms with Gasteiger partial charge >= 0.3 is 5.95 Å². The summed E-state index contributed by atoms with van der Waals surface area (Å²) in [5.74, 6) is 0.575. The maximum Gasteiger partial charge on any atom is 0.434 e. The summed E-state index contributed by atoms with van der Waals surface area (Å²) in [4.78, 5) is 41.8. The summed E-state index contributed by atoms with van der Waals surface area (Å²) in [6, 6.07) is 13.2. The highest BCUT2D eigenvalue weighted by Crippen LogP contribution is 2.22. The Morgan fingerprint density at radius 1 is 1.13 bits per heavy atom. The molecule has 0 radical (unpaired) electrons. The molecule has 0 unspecified atom stereocenters. The molecule has 0 amide bonds. The van der Waals surface area contributed by atoms with Crippen molar-refractivity contribution in [3.8, 4) is 5.82 Å². The Labute approximate surface area is 259 Å². The highest BCUT2D eigenvalue weighted by Gasteiger charge is 2.25. The van der Waals surface area contributed by atoms with Gasteiger partial charge in [-0.1, -0.05) is 29.3 Å². The van der Waals surface area contributed by atoms with Gasteiger partial charge in [0.2, 0.25) is 11.6 Å². The van der Waals surface area contributed by atoms with Crippen LogP contribution in [0.4, 0.5) is 17.6 Å². The minimum Gasteiger partial charge on any atom is -0.390 e. The lowest BCUT2D eigenvalue weighted by molar-refractivity contribution is -0.903.